The van der Waals surface area contributed by atoms with Gasteiger partial charge < -0.3 is 0 Å². The number of nitriles is 1. The van der Waals surface area contributed by atoms with Crippen LogP contribution in [-0.2, 0) is 4.79 Å². The van der Waals surface area contributed by atoms with Gasteiger partial charge in [-0.1, -0.05) is 49.2 Å². The van der Waals surface area contributed by atoms with Crippen molar-refractivity contribution in [3.8, 4) is 6.07 Å². The lowest BCUT2D eigenvalue weighted by atomic mass is 9.86. The highest BCUT2D eigenvalue weighted by Crippen LogP contribution is 2.43. The monoisotopic (exact) mass is 371 g/mol. The van der Waals surface area contributed by atoms with Crippen LogP contribution in [0.25, 0.3) is 0 Å². The molecule has 4 rings (SSSR count). The van der Waals surface area contributed by atoms with E-state index in [-0.39, 0.29) is 18.1 Å². The van der Waals surface area contributed by atoms with Crippen LogP contribution in [0.2, 0.25) is 0 Å². The summed E-state index contributed by atoms with van der Waals surface area (Å²) in [7, 11) is 0. The minimum atomic E-state index is -0.478. The highest BCUT2D eigenvalue weighted by Gasteiger charge is 2.40. The standard InChI is InChI=1S/C20H22FN3OS/c21-18-9-5-4-8-15(18)16-10-19(25)24-12-23(14-6-2-1-3-7-14)13-26-20(24)17(16)11-22/h4-5,8-9,14,16H,1-3,6-7,10,12-13H2. The van der Waals surface area contributed by atoms with Crippen LogP contribution >= 0.6 is 11.8 Å². The zero-order valence-electron chi connectivity index (χ0n) is 14.7. The molecule has 0 radical (unpaired) electrons. The van der Waals surface area contributed by atoms with E-state index >= 15 is 0 Å². The molecule has 0 spiro atoms. The van der Waals surface area contributed by atoms with Gasteiger partial charge in [-0.15, -0.1) is 0 Å². The maximum Gasteiger partial charge on any atom is 0.229 e. The van der Waals surface area contributed by atoms with Crippen molar-refractivity contribution in [2.45, 2.75) is 50.5 Å². The van der Waals surface area contributed by atoms with Crippen LogP contribution < -0.4 is 0 Å². The molecule has 1 atom stereocenters. The molecule has 2 fully saturated rings. The Morgan fingerprint density at radius 1 is 1.19 bits per heavy atom. The molecule has 0 bridgehead atoms. The molecule has 1 saturated carbocycles. The summed E-state index contributed by atoms with van der Waals surface area (Å²) in [5.74, 6) is -0.0513. The lowest BCUT2D eigenvalue weighted by molar-refractivity contribution is -0.132. The van der Waals surface area contributed by atoms with E-state index in [1.165, 1.54) is 38.2 Å². The summed E-state index contributed by atoms with van der Waals surface area (Å²) in [5.41, 5.74) is 0.975. The van der Waals surface area contributed by atoms with Gasteiger partial charge in [0.1, 0.15) is 5.82 Å². The first-order valence-corrected chi connectivity index (χ1v) is 10.2. The van der Waals surface area contributed by atoms with Gasteiger partial charge in [0.05, 0.1) is 29.2 Å². The zero-order valence-corrected chi connectivity index (χ0v) is 15.5. The minimum absolute atomic E-state index is 0.0136. The van der Waals surface area contributed by atoms with Gasteiger partial charge in [0.25, 0.3) is 0 Å². The summed E-state index contributed by atoms with van der Waals surface area (Å²) in [4.78, 5) is 16.9. The summed E-state index contributed by atoms with van der Waals surface area (Å²) in [6, 6.07) is 9.27. The number of nitrogens with zero attached hydrogens (tertiary/aromatic N) is 3. The normalized spacial score (nSPS) is 25.2. The molecule has 1 aliphatic carbocycles. The maximum absolute atomic E-state index is 14.3. The van der Waals surface area contributed by atoms with Crippen molar-refractivity contribution in [3.63, 3.8) is 0 Å². The number of rotatable bonds is 2. The van der Waals surface area contributed by atoms with Crippen molar-refractivity contribution in [1.29, 1.82) is 5.26 Å². The van der Waals surface area contributed by atoms with Crippen LogP contribution in [-0.4, -0.2) is 34.3 Å². The maximum atomic E-state index is 14.3. The largest absolute Gasteiger partial charge is 0.292 e. The fraction of sp³-hybridized carbons (Fsp3) is 0.500. The number of benzene rings is 1. The lowest BCUT2D eigenvalue weighted by Crippen LogP contribution is -2.51. The highest BCUT2D eigenvalue weighted by atomic mass is 32.2. The van der Waals surface area contributed by atoms with E-state index in [0.717, 1.165) is 10.9 Å². The Labute approximate surface area is 157 Å². The highest BCUT2D eigenvalue weighted by molar-refractivity contribution is 8.03. The predicted molar refractivity (Wildman–Crippen MR) is 99.3 cm³/mol. The van der Waals surface area contributed by atoms with Gasteiger partial charge in [0.2, 0.25) is 5.91 Å². The molecule has 0 N–H and O–H groups in total. The predicted octanol–water partition coefficient (Wildman–Crippen LogP) is 4.17. The van der Waals surface area contributed by atoms with Gasteiger partial charge in [-0.3, -0.25) is 14.6 Å². The Bertz CT molecular complexity index is 782. The third-order valence-electron chi connectivity index (χ3n) is 5.69. The van der Waals surface area contributed by atoms with Crippen molar-refractivity contribution in [1.82, 2.24) is 9.80 Å². The Kier molecular flexibility index (Phi) is 5.01. The van der Waals surface area contributed by atoms with Gasteiger partial charge in [-0.25, -0.2) is 4.39 Å². The van der Waals surface area contributed by atoms with Gasteiger partial charge in [-0.05, 0) is 24.5 Å². The smallest absolute Gasteiger partial charge is 0.229 e. The summed E-state index contributed by atoms with van der Waals surface area (Å²) < 4.78 is 14.3. The number of carbonyl (C=O) groups excluding carboxylic acids is 1. The molecule has 6 heteroatoms. The van der Waals surface area contributed by atoms with Crippen LogP contribution in [0.1, 0.15) is 50.0 Å². The summed E-state index contributed by atoms with van der Waals surface area (Å²) in [6.07, 6.45) is 6.33. The molecule has 2 heterocycles. The Morgan fingerprint density at radius 3 is 2.69 bits per heavy atom. The fourth-order valence-electron chi connectivity index (χ4n) is 4.28. The number of fused-ring (bicyclic) bond motifs is 1. The fourth-order valence-corrected chi connectivity index (χ4v) is 5.52. The van der Waals surface area contributed by atoms with E-state index in [2.05, 4.69) is 11.0 Å². The molecule has 3 aliphatic rings. The molecular formula is C20H22FN3OS. The molecule has 4 nitrogen and oxygen atoms in total. The first kappa shape index (κ1) is 17.6. The molecule has 1 amide bonds. The van der Waals surface area contributed by atoms with Crippen molar-refractivity contribution in [2.75, 3.05) is 12.5 Å². The number of halogens is 1. The summed E-state index contributed by atoms with van der Waals surface area (Å²) in [5, 5.41) is 10.5. The lowest BCUT2D eigenvalue weighted by Gasteiger charge is -2.44. The van der Waals surface area contributed by atoms with E-state index in [0.29, 0.717) is 23.8 Å². The quantitative estimate of drug-likeness (QED) is 0.783. The molecule has 1 unspecified atom stereocenters. The molecule has 136 valence electrons. The molecule has 26 heavy (non-hydrogen) atoms. The van der Waals surface area contributed by atoms with Crippen LogP contribution in [0, 0.1) is 17.1 Å². The van der Waals surface area contributed by atoms with Gasteiger partial charge in [0.15, 0.2) is 0 Å². The topological polar surface area (TPSA) is 47.3 Å². The van der Waals surface area contributed by atoms with Crippen LogP contribution in [0.15, 0.2) is 34.9 Å². The van der Waals surface area contributed by atoms with Crippen molar-refractivity contribution in [2.24, 2.45) is 0 Å². The van der Waals surface area contributed by atoms with E-state index in [1.807, 2.05) is 0 Å². The van der Waals surface area contributed by atoms with Crippen LogP contribution in [0.5, 0.6) is 0 Å². The van der Waals surface area contributed by atoms with Gasteiger partial charge >= 0.3 is 0 Å². The van der Waals surface area contributed by atoms with Gasteiger partial charge in [0, 0.05) is 18.4 Å². The van der Waals surface area contributed by atoms with E-state index < -0.39 is 5.92 Å². The molecular weight excluding hydrogens is 349 g/mol. The van der Waals surface area contributed by atoms with Gasteiger partial charge in [-0.2, -0.15) is 5.26 Å². The minimum Gasteiger partial charge on any atom is -0.292 e. The summed E-state index contributed by atoms with van der Waals surface area (Å²) in [6.45, 7) is 0.557. The van der Waals surface area contributed by atoms with Crippen molar-refractivity contribution >= 4 is 17.7 Å². The Balaban J connectivity index is 1.63. The molecule has 1 aromatic rings. The number of allylic oxidation sites excluding steroid dienone is 1. The Morgan fingerprint density at radius 2 is 1.96 bits per heavy atom. The average molecular weight is 371 g/mol. The number of thioether (sulfide) groups is 1. The Hall–Kier alpha value is -1.84. The second-order valence-corrected chi connectivity index (χ2v) is 8.16. The average Bonchev–Trinajstić information content (AvgIpc) is 2.69. The third-order valence-corrected chi connectivity index (χ3v) is 6.86. The van der Waals surface area contributed by atoms with E-state index in [9.17, 15) is 14.4 Å². The second kappa shape index (κ2) is 7.42. The molecule has 2 aliphatic heterocycles. The number of hydrogen-bond donors (Lipinski definition) is 0. The van der Waals surface area contributed by atoms with E-state index in [1.54, 1.807) is 34.9 Å². The van der Waals surface area contributed by atoms with Crippen molar-refractivity contribution < 1.29 is 9.18 Å². The van der Waals surface area contributed by atoms with E-state index in [4.69, 9.17) is 0 Å². The van der Waals surface area contributed by atoms with Crippen molar-refractivity contribution in [3.05, 3.63) is 46.2 Å². The first-order chi connectivity index (χ1) is 12.7. The first-order valence-electron chi connectivity index (χ1n) is 9.25. The molecule has 1 aromatic carbocycles. The third kappa shape index (κ3) is 3.15. The second-order valence-electron chi connectivity index (χ2n) is 7.23. The number of amides is 1. The SMILES string of the molecule is N#CC1=C2SCN(C3CCCCC3)CN2C(=O)CC1c1ccccc1F. The van der Waals surface area contributed by atoms with Crippen LogP contribution in [0.4, 0.5) is 4.39 Å². The molecule has 0 aromatic heterocycles. The number of carbonyl (C=O) groups is 1. The van der Waals surface area contributed by atoms with Crippen LogP contribution in [0.3, 0.4) is 0 Å². The molecule has 1 saturated heterocycles. The number of hydrogen-bond acceptors (Lipinski definition) is 4. The summed E-state index contributed by atoms with van der Waals surface area (Å²) >= 11 is 1.56. The zero-order chi connectivity index (χ0) is 18.1.